The van der Waals surface area contributed by atoms with Crippen LogP contribution in [0.25, 0.3) is 0 Å². The highest BCUT2D eigenvalue weighted by atomic mass is 35.5. The molecular formula is C28H41ClN4O3. The van der Waals surface area contributed by atoms with Crippen molar-refractivity contribution in [1.29, 1.82) is 0 Å². The van der Waals surface area contributed by atoms with Crippen LogP contribution in [0.15, 0.2) is 23.0 Å². The van der Waals surface area contributed by atoms with Gasteiger partial charge in [0.1, 0.15) is 0 Å². The Hall–Kier alpha value is -2.35. The van der Waals surface area contributed by atoms with Gasteiger partial charge < -0.3 is 24.8 Å². The van der Waals surface area contributed by atoms with Crippen molar-refractivity contribution in [2.45, 2.75) is 72.0 Å². The van der Waals surface area contributed by atoms with Crippen LogP contribution in [0.2, 0.25) is 5.02 Å². The van der Waals surface area contributed by atoms with Gasteiger partial charge in [-0.25, -0.2) is 0 Å². The van der Waals surface area contributed by atoms with Gasteiger partial charge in [-0.15, -0.1) is 0 Å². The first-order chi connectivity index (χ1) is 17.2. The smallest absolute Gasteiger partial charge is 0.253 e. The number of likely N-dealkylation sites (N-methyl/N-ethyl adjacent to an activating group) is 1. The monoisotopic (exact) mass is 516 g/mol. The molecule has 2 N–H and O–H groups in total. The number of carbonyl (C=O) groups excluding carboxylic acids is 1. The van der Waals surface area contributed by atoms with Gasteiger partial charge in [0, 0.05) is 66.4 Å². The van der Waals surface area contributed by atoms with E-state index in [0.29, 0.717) is 28.2 Å². The molecule has 0 bridgehead atoms. The van der Waals surface area contributed by atoms with Crippen LogP contribution in [0.3, 0.4) is 0 Å². The Morgan fingerprint density at radius 1 is 1.14 bits per heavy atom. The molecule has 1 amide bonds. The fourth-order valence-corrected chi connectivity index (χ4v) is 5.63. The second-order valence-electron chi connectivity index (χ2n) is 9.94. The molecule has 0 saturated heterocycles. The molecule has 36 heavy (non-hydrogen) atoms. The molecule has 3 rings (SSSR count). The predicted octanol–water partition coefficient (Wildman–Crippen LogP) is 4.60. The average Bonchev–Trinajstić information content (AvgIpc) is 2.84. The Bertz CT molecular complexity index is 1110. The molecule has 198 valence electrons. The van der Waals surface area contributed by atoms with E-state index in [4.69, 9.17) is 16.3 Å². The first-order valence-corrected chi connectivity index (χ1v) is 13.3. The number of nitrogens with one attached hydrogen (secondary N) is 2. The molecule has 2 aromatic rings. The van der Waals surface area contributed by atoms with E-state index >= 15 is 0 Å². The summed E-state index contributed by atoms with van der Waals surface area (Å²) in [7, 11) is 3.93. The fraction of sp³-hybridized carbons (Fsp3) is 0.571. The molecule has 0 unspecified atom stereocenters. The van der Waals surface area contributed by atoms with Gasteiger partial charge in [0.15, 0.2) is 0 Å². The van der Waals surface area contributed by atoms with Gasteiger partial charge in [0.25, 0.3) is 11.5 Å². The molecule has 1 aliphatic carbocycles. The number of H-pyrrole nitrogens is 1. The number of nitrogens with zero attached hydrogens (tertiary/aromatic N) is 2. The molecule has 0 radical (unpaired) electrons. The van der Waals surface area contributed by atoms with E-state index in [1.54, 1.807) is 13.2 Å². The Kier molecular flexibility index (Phi) is 10.00. The zero-order valence-corrected chi connectivity index (χ0v) is 23.3. The van der Waals surface area contributed by atoms with E-state index in [2.05, 4.69) is 34.1 Å². The van der Waals surface area contributed by atoms with E-state index in [1.165, 1.54) is 0 Å². The average molecular weight is 517 g/mol. The summed E-state index contributed by atoms with van der Waals surface area (Å²) in [4.78, 5) is 33.2. The van der Waals surface area contributed by atoms with E-state index in [0.717, 1.165) is 67.9 Å². The van der Waals surface area contributed by atoms with Crippen LogP contribution in [0, 0.1) is 20.8 Å². The molecule has 0 spiro atoms. The van der Waals surface area contributed by atoms with Crippen LogP contribution >= 0.6 is 11.6 Å². The topological polar surface area (TPSA) is 77.7 Å². The number of carbonyl (C=O) groups is 1. The van der Waals surface area contributed by atoms with Gasteiger partial charge in [-0.3, -0.25) is 9.59 Å². The lowest BCUT2D eigenvalue weighted by Gasteiger charge is -2.41. The third-order valence-corrected chi connectivity index (χ3v) is 7.76. The highest BCUT2D eigenvalue weighted by Gasteiger charge is 2.29. The minimum absolute atomic E-state index is 0.166. The summed E-state index contributed by atoms with van der Waals surface area (Å²) < 4.78 is 5.24. The molecule has 8 heteroatoms. The summed E-state index contributed by atoms with van der Waals surface area (Å²) in [6.07, 6.45) is 4.47. The van der Waals surface area contributed by atoms with Crippen molar-refractivity contribution in [2.24, 2.45) is 0 Å². The number of anilines is 1. The predicted molar refractivity (Wildman–Crippen MR) is 147 cm³/mol. The molecule has 1 saturated carbocycles. The van der Waals surface area contributed by atoms with Crippen molar-refractivity contribution in [1.82, 2.24) is 15.2 Å². The number of pyridine rings is 1. The molecule has 7 nitrogen and oxygen atoms in total. The van der Waals surface area contributed by atoms with Gasteiger partial charge in [0.05, 0.1) is 6.61 Å². The number of amides is 1. The lowest BCUT2D eigenvalue weighted by molar-refractivity contribution is 0.0950. The molecule has 1 aliphatic rings. The summed E-state index contributed by atoms with van der Waals surface area (Å²) in [5, 5.41) is 3.47. The number of aromatic nitrogens is 1. The Balaban J connectivity index is 1.75. The van der Waals surface area contributed by atoms with Crippen molar-refractivity contribution in [3.63, 3.8) is 0 Å². The molecule has 1 fully saturated rings. The number of halogens is 1. The van der Waals surface area contributed by atoms with Crippen molar-refractivity contribution in [3.05, 3.63) is 61.5 Å². The van der Waals surface area contributed by atoms with Crippen molar-refractivity contribution >= 4 is 23.2 Å². The molecule has 1 aromatic carbocycles. The number of methoxy groups -OCH3 is 1. The standard InChI is InChI=1S/C28H41ClN4O3/c1-7-33(23-10-8-22(9-11-23)32(5)12-13-36-6)26-16-21(29)15-24(20(26)4)27(34)30-17-25-18(2)14-19(3)31-28(25)35/h14-16,22-23H,7-13,17H2,1-6H3,(H,30,34)(H,31,35). The van der Waals surface area contributed by atoms with Crippen molar-refractivity contribution in [3.8, 4) is 0 Å². The maximum atomic E-state index is 13.2. The van der Waals surface area contributed by atoms with Crippen LogP contribution in [0.4, 0.5) is 5.69 Å². The van der Waals surface area contributed by atoms with Gasteiger partial charge in [-0.2, -0.15) is 0 Å². The number of hydrogen-bond acceptors (Lipinski definition) is 5. The van der Waals surface area contributed by atoms with Gasteiger partial charge in [0.2, 0.25) is 0 Å². The van der Waals surface area contributed by atoms with Crippen molar-refractivity contribution in [2.75, 3.05) is 38.8 Å². The summed E-state index contributed by atoms with van der Waals surface area (Å²) in [6, 6.07) is 6.59. The van der Waals surface area contributed by atoms with E-state index in [-0.39, 0.29) is 18.0 Å². The van der Waals surface area contributed by atoms with Crippen LogP contribution in [0.5, 0.6) is 0 Å². The second kappa shape index (κ2) is 12.7. The summed E-state index contributed by atoms with van der Waals surface area (Å²) >= 11 is 6.52. The summed E-state index contributed by atoms with van der Waals surface area (Å²) in [6.45, 7) is 10.6. The van der Waals surface area contributed by atoms with Crippen LogP contribution in [-0.4, -0.2) is 61.7 Å². The van der Waals surface area contributed by atoms with E-state index in [9.17, 15) is 9.59 Å². The Labute approximate surface area is 220 Å². The maximum Gasteiger partial charge on any atom is 0.253 e. The minimum Gasteiger partial charge on any atom is -0.383 e. The lowest BCUT2D eigenvalue weighted by atomic mass is 9.88. The Morgan fingerprint density at radius 3 is 2.42 bits per heavy atom. The van der Waals surface area contributed by atoms with Crippen LogP contribution < -0.4 is 15.8 Å². The lowest BCUT2D eigenvalue weighted by Crippen LogP contribution is -2.44. The zero-order chi connectivity index (χ0) is 26.4. The molecule has 1 aromatic heterocycles. The molecule has 1 heterocycles. The van der Waals surface area contributed by atoms with E-state index in [1.807, 2.05) is 32.9 Å². The van der Waals surface area contributed by atoms with E-state index < -0.39 is 0 Å². The third-order valence-electron chi connectivity index (χ3n) is 7.54. The van der Waals surface area contributed by atoms with Gasteiger partial charge in [-0.1, -0.05) is 11.6 Å². The van der Waals surface area contributed by atoms with Crippen molar-refractivity contribution < 1.29 is 9.53 Å². The number of benzene rings is 1. The number of rotatable bonds is 10. The van der Waals surface area contributed by atoms with Crippen LogP contribution in [-0.2, 0) is 11.3 Å². The fourth-order valence-electron chi connectivity index (χ4n) is 5.42. The maximum absolute atomic E-state index is 13.2. The Morgan fingerprint density at radius 2 is 1.81 bits per heavy atom. The molecular weight excluding hydrogens is 476 g/mol. The largest absolute Gasteiger partial charge is 0.383 e. The second-order valence-corrected chi connectivity index (χ2v) is 10.4. The molecule has 0 aliphatic heterocycles. The normalized spacial score (nSPS) is 17.9. The number of hydrogen-bond donors (Lipinski definition) is 2. The first kappa shape index (κ1) is 28.2. The summed E-state index contributed by atoms with van der Waals surface area (Å²) in [5.41, 5.74) is 4.53. The van der Waals surface area contributed by atoms with Gasteiger partial charge >= 0.3 is 0 Å². The minimum atomic E-state index is -0.227. The SMILES string of the molecule is CCN(c1cc(Cl)cc(C(=O)NCc2c(C)cc(C)[nH]c2=O)c1C)C1CCC(N(C)CCOC)CC1. The zero-order valence-electron chi connectivity index (χ0n) is 22.5. The molecule has 0 atom stereocenters. The quantitative estimate of drug-likeness (QED) is 0.482. The summed E-state index contributed by atoms with van der Waals surface area (Å²) in [5.74, 6) is -0.227. The number of aryl methyl sites for hydroxylation is 2. The third kappa shape index (κ3) is 6.69. The highest BCUT2D eigenvalue weighted by Crippen LogP contribution is 2.34. The first-order valence-electron chi connectivity index (χ1n) is 12.9. The van der Waals surface area contributed by atoms with Crippen LogP contribution in [0.1, 0.15) is 65.3 Å². The van der Waals surface area contributed by atoms with Gasteiger partial charge in [-0.05, 0) is 89.8 Å². The number of aromatic amines is 1. The highest BCUT2D eigenvalue weighted by molar-refractivity contribution is 6.31. The number of ether oxygens (including phenoxy) is 1.